The maximum Gasteiger partial charge on any atom is 0.319 e. The van der Waals surface area contributed by atoms with Crippen molar-refractivity contribution < 1.29 is 23.0 Å². The average Bonchev–Trinajstić information content (AvgIpc) is 2.48. The van der Waals surface area contributed by atoms with Gasteiger partial charge in [-0.05, 0) is 25.7 Å². The fraction of sp³-hybridized carbons (Fsp3) is 0.714. The van der Waals surface area contributed by atoms with E-state index >= 15 is 0 Å². The van der Waals surface area contributed by atoms with Crippen LogP contribution in [0.3, 0.4) is 0 Å². The number of fused-ring (bicyclic) bond motifs is 2. The van der Waals surface area contributed by atoms with E-state index in [1.807, 2.05) is 0 Å². The predicted molar refractivity (Wildman–Crippen MR) is 78.6 cm³/mol. The van der Waals surface area contributed by atoms with E-state index in [0.717, 1.165) is 6.42 Å². The highest BCUT2D eigenvalue weighted by molar-refractivity contribution is 7.92. The number of methoxy groups -OCH3 is 2. The fourth-order valence-corrected chi connectivity index (χ4v) is 6.14. The Bertz CT molecular complexity index is 656. The molecule has 2 bridgehead atoms. The molecular weight excluding hydrogens is 308 g/mol. The average molecular weight is 328 g/mol. The van der Waals surface area contributed by atoms with Gasteiger partial charge in [-0.1, -0.05) is 6.42 Å². The van der Waals surface area contributed by atoms with Gasteiger partial charge in [-0.15, -0.1) is 0 Å². The van der Waals surface area contributed by atoms with Crippen LogP contribution in [0, 0.1) is 0 Å². The zero-order valence-corrected chi connectivity index (χ0v) is 13.5. The number of aliphatic hydroxyl groups is 1. The van der Waals surface area contributed by atoms with Gasteiger partial charge in [-0.3, -0.25) is 0 Å². The SMILES string of the molecule is COc1ncc(C2(O)CC3CCCC(C2)S3(=O)=O)c(OC)n1. The van der Waals surface area contributed by atoms with Gasteiger partial charge in [0.05, 0.1) is 35.9 Å². The summed E-state index contributed by atoms with van der Waals surface area (Å²) in [5.41, 5.74) is -0.846. The minimum Gasteiger partial charge on any atom is -0.481 e. The summed E-state index contributed by atoms with van der Waals surface area (Å²) in [4.78, 5) is 8.13. The third kappa shape index (κ3) is 2.34. The molecule has 1 aromatic heterocycles. The number of aromatic nitrogens is 2. The lowest BCUT2D eigenvalue weighted by atomic mass is 9.81. The van der Waals surface area contributed by atoms with E-state index in [1.54, 1.807) is 0 Å². The summed E-state index contributed by atoms with van der Waals surface area (Å²) < 4.78 is 35.0. The molecule has 0 radical (unpaired) electrons. The summed E-state index contributed by atoms with van der Waals surface area (Å²) in [6, 6.07) is 0.146. The summed E-state index contributed by atoms with van der Waals surface area (Å²) in [6.07, 6.45) is 3.88. The van der Waals surface area contributed by atoms with Crippen LogP contribution in [0.5, 0.6) is 11.9 Å². The first-order valence-electron chi connectivity index (χ1n) is 7.31. The second kappa shape index (κ2) is 5.34. The molecule has 0 amide bonds. The van der Waals surface area contributed by atoms with Crippen molar-refractivity contribution in [2.75, 3.05) is 14.2 Å². The smallest absolute Gasteiger partial charge is 0.319 e. The van der Waals surface area contributed by atoms with Crippen molar-refractivity contribution >= 4 is 9.84 Å². The quantitative estimate of drug-likeness (QED) is 0.876. The molecule has 2 unspecified atom stereocenters. The monoisotopic (exact) mass is 328 g/mol. The number of hydrogen-bond donors (Lipinski definition) is 1. The Morgan fingerprint density at radius 2 is 1.86 bits per heavy atom. The molecule has 0 saturated carbocycles. The first kappa shape index (κ1) is 15.5. The van der Waals surface area contributed by atoms with Gasteiger partial charge in [0.1, 0.15) is 0 Å². The molecule has 7 nitrogen and oxygen atoms in total. The van der Waals surface area contributed by atoms with Gasteiger partial charge in [0.2, 0.25) is 5.88 Å². The van der Waals surface area contributed by atoms with Gasteiger partial charge in [-0.25, -0.2) is 13.4 Å². The zero-order valence-electron chi connectivity index (χ0n) is 12.7. The van der Waals surface area contributed by atoms with E-state index in [4.69, 9.17) is 9.47 Å². The fourth-order valence-electron chi connectivity index (χ4n) is 3.59. The number of ether oxygens (including phenoxy) is 2. The zero-order chi connectivity index (χ0) is 16.0. The third-order valence-electron chi connectivity index (χ3n) is 4.72. The molecule has 0 aromatic carbocycles. The molecule has 3 rings (SSSR count). The minimum absolute atomic E-state index is 0.146. The normalized spacial score (nSPS) is 33.2. The van der Waals surface area contributed by atoms with Crippen LogP contribution in [0.2, 0.25) is 0 Å². The standard InChI is InChI=1S/C14H20N2O5S/c1-20-12-11(8-15-13(16-12)21-2)14(17)6-9-4-3-5-10(7-14)22(9,18)19/h8-10,17H,3-7H2,1-2H3. The van der Waals surface area contributed by atoms with Gasteiger partial charge < -0.3 is 14.6 Å². The highest BCUT2D eigenvalue weighted by Gasteiger charge is 2.52. The molecule has 122 valence electrons. The maximum absolute atomic E-state index is 12.4. The number of sulfone groups is 1. The minimum atomic E-state index is -3.14. The van der Waals surface area contributed by atoms with Crippen LogP contribution >= 0.6 is 0 Å². The first-order valence-corrected chi connectivity index (χ1v) is 8.92. The maximum atomic E-state index is 12.4. The lowest BCUT2D eigenvalue weighted by Gasteiger charge is -2.43. The molecule has 22 heavy (non-hydrogen) atoms. The number of hydrogen-bond acceptors (Lipinski definition) is 7. The summed E-state index contributed by atoms with van der Waals surface area (Å²) >= 11 is 0. The van der Waals surface area contributed by atoms with Gasteiger partial charge >= 0.3 is 6.01 Å². The van der Waals surface area contributed by atoms with Crippen molar-refractivity contribution in [3.63, 3.8) is 0 Å². The van der Waals surface area contributed by atoms with E-state index in [-0.39, 0.29) is 24.7 Å². The molecule has 1 N–H and O–H groups in total. The lowest BCUT2D eigenvalue weighted by molar-refractivity contribution is 0.00199. The Morgan fingerprint density at radius 3 is 2.41 bits per heavy atom. The van der Waals surface area contributed by atoms with Gasteiger partial charge in [0.25, 0.3) is 0 Å². The topological polar surface area (TPSA) is 98.6 Å². The van der Waals surface area contributed by atoms with Crippen LogP contribution in [0.4, 0.5) is 0 Å². The van der Waals surface area contributed by atoms with E-state index in [0.29, 0.717) is 18.4 Å². The molecule has 3 heterocycles. The molecule has 1 aromatic rings. The Labute approximate surface area is 129 Å². The van der Waals surface area contributed by atoms with E-state index in [9.17, 15) is 13.5 Å². The molecule has 2 fully saturated rings. The van der Waals surface area contributed by atoms with Crippen LogP contribution in [0.1, 0.15) is 37.7 Å². The largest absolute Gasteiger partial charge is 0.481 e. The van der Waals surface area contributed by atoms with Crippen LogP contribution in [-0.2, 0) is 15.4 Å². The van der Waals surface area contributed by atoms with Crippen molar-refractivity contribution in [1.82, 2.24) is 9.97 Å². The molecule has 0 aliphatic carbocycles. The summed E-state index contributed by atoms with van der Waals surface area (Å²) in [7, 11) is -0.245. The van der Waals surface area contributed by atoms with E-state index in [1.165, 1.54) is 20.4 Å². The molecule has 8 heteroatoms. The van der Waals surface area contributed by atoms with E-state index < -0.39 is 25.9 Å². The molecule has 2 atom stereocenters. The Morgan fingerprint density at radius 1 is 1.23 bits per heavy atom. The van der Waals surface area contributed by atoms with Crippen LogP contribution in [-0.4, -0.2) is 48.2 Å². The van der Waals surface area contributed by atoms with Gasteiger partial charge in [-0.2, -0.15) is 4.98 Å². The van der Waals surface area contributed by atoms with E-state index in [2.05, 4.69) is 9.97 Å². The summed E-state index contributed by atoms with van der Waals surface area (Å²) in [6.45, 7) is 0. The molecule has 2 aliphatic heterocycles. The lowest BCUT2D eigenvalue weighted by Crippen LogP contribution is -2.50. The van der Waals surface area contributed by atoms with Crippen LogP contribution in [0.25, 0.3) is 0 Å². The van der Waals surface area contributed by atoms with Crippen molar-refractivity contribution in [3.8, 4) is 11.9 Å². The molecule has 2 aliphatic rings. The second-order valence-electron chi connectivity index (χ2n) is 5.98. The van der Waals surface area contributed by atoms with Crippen LogP contribution < -0.4 is 9.47 Å². The van der Waals surface area contributed by atoms with Gasteiger partial charge in [0.15, 0.2) is 9.84 Å². The van der Waals surface area contributed by atoms with Crippen LogP contribution in [0.15, 0.2) is 6.20 Å². The summed E-state index contributed by atoms with van der Waals surface area (Å²) in [5.74, 6) is 0.228. The number of rotatable bonds is 3. The van der Waals surface area contributed by atoms with Crippen molar-refractivity contribution in [3.05, 3.63) is 11.8 Å². The first-order chi connectivity index (χ1) is 10.4. The Kier molecular flexibility index (Phi) is 3.76. The Balaban J connectivity index is 2.01. The van der Waals surface area contributed by atoms with Crippen molar-refractivity contribution in [1.29, 1.82) is 0 Å². The molecular formula is C14H20N2O5S. The highest BCUT2D eigenvalue weighted by Crippen LogP contribution is 2.47. The predicted octanol–water partition coefficient (Wildman–Crippen LogP) is 0.811. The molecule has 2 saturated heterocycles. The summed E-state index contributed by atoms with van der Waals surface area (Å²) in [5, 5.41) is 10.1. The third-order valence-corrected chi connectivity index (χ3v) is 7.38. The Hall–Kier alpha value is -1.41. The second-order valence-corrected chi connectivity index (χ2v) is 8.49. The number of nitrogens with zero attached hydrogens (tertiary/aromatic N) is 2. The highest BCUT2D eigenvalue weighted by atomic mass is 32.2. The molecule has 0 spiro atoms. The van der Waals surface area contributed by atoms with Crippen molar-refractivity contribution in [2.45, 2.75) is 48.2 Å². The van der Waals surface area contributed by atoms with Crippen molar-refractivity contribution in [2.24, 2.45) is 0 Å². The van der Waals surface area contributed by atoms with Gasteiger partial charge in [0, 0.05) is 6.20 Å².